The van der Waals surface area contributed by atoms with Crippen molar-refractivity contribution in [3.05, 3.63) is 28.8 Å². The second-order valence-electron chi connectivity index (χ2n) is 5.93. The van der Waals surface area contributed by atoms with Gasteiger partial charge in [-0.05, 0) is 24.1 Å². The summed E-state index contributed by atoms with van der Waals surface area (Å²) >= 11 is 9.04. The summed E-state index contributed by atoms with van der Waals surface area (Å²) in [7, 11) is -1.99. The number of rotatable bonds is 7. The number of carbonyl (C=O) groups excluding carboxylic acids is 1. The van der Waals surface area contributed by atoms with E-state index < -0.39 is 15.9 Å². The van der Waals surface area contributed by atoms with Gasteiger partial charge in [0.1, 0.15) is 0 Å². The van der Waals surface area contributed by atoms with Crippen molar-refractivity contribution in [1.82, 2.24) is 10.2 Å². The number of thioether (sulfide) groups is 1. The molecule has 2 aromatic rings. The lowest BCUT2D eigenvalue weighted by Crippen LogP contribution is -2.25. The molecule has 1 amide bonds. The van der Waals surface area contributed by atoms with Gasteiger partial charge < -0.3 is 0 Å². The molecule has 1 N–H and O–H groups in total. The highest BCUT2D eigenvalue weighted by Crippen LogP contribution is 2.29. The molecule has 0 bridgehead atoms. The van der Waals surface area contributed by atoms with E-state index in [2.05, 4.69) is 29.4 Å². The summed E-state index contributed by atoms with van der Waals surface area (Å²) in [5, 5.41) is 11.2. The first kappa shape index (κ1) is 20.9. The van der Waals surface area contributed by atoms with Gasteiger partial charge in [0.25, 0.3) is 5.91 Å². The Bertz CT molecular complexity index is 899. The number of halogens is 1. The highest BCUT2D eigenvalue weighted by Gasteiger charge is 2.17. The predicted octanol–water partition coefficient (Wildman–Crippen LogP) is 3.59. The van der Waals surface area contributed by atoms with Crippen LogP contribution < -0.4 is 9.62 Å². The lowest BCUT2D eigenvalue weighted by atomic mass is 10.2. The molecule has 0 saturated heterocycles. The van der Waals surface area contributed by atoms with Crippen molar-refractivity contribution in [2.75, 3.05) is 28.7 Å². The zero-order valence-corrected chi connectivity index (χ0v) is 17.9. The average Bonchev–Trinajstić information content (AvgIpc) is 2.98. The quantitative estimate of drug-likeness (QED) is 0.528. The fourth-order valence-electron chi connectivity index (χ4n) is 1.80. The largest absolute Gasteiger partial charge is 0.296 e. The first-order valence-electron chi connectivity index (χ1n) is 7.59. The van der Waals surface area contributed by atoms with Crippen molar-refractivity contribution >= 4 is 61.4 Å². The van der Waals surface area contributed by atoms with Gasteiger partial charge in [-0.3, -0.25) is 14.4 Å². The molecule has 0 aliphatic carbocycles. The normalized spacial score (nSPS) is 11.6. The second-order valence-corrected chi connectivity index (χ2v) is 10.6. The van der Waals surface area contributed by atoms with Crippen LogP contribution in [0.5, 0.6) is 0 Å². The Morgan fingerprint density at radius 1 is 1.38 bits per heavy atom. The van der Waals surface area contributed by atoms with E-state index in [1.807, 2.05) is 0 Å². The summed E-state index contributed by atoms with van der Waals surface area (Å²) in [5.74, 6) is 1.02. The van der Waals surface area contributed by atoms with Gasteiger partial charge in [0.2, 0.25) is 15.2 Å². The zero-order valence-electron chi connectivity index (χ0n) is 14.7. The van der Waals surface area contributed by atoms with Crippen LogP contribution in [0.25, 0.3) is 0 Å². The molecule has 11 heteroatoms. The molecule has 2 rings (SSSR count). The Kier molecular flexibility index (Phi) is 6.89. The number of carbonyl (C=O) groups is 1. The Hall–Kier alpha value is -1.36. The Morgan fingerprint density at radius 3 is 2.65 bits per heavy atom. The van der Waals surface area contributed by atoms with Crippen LogP contribution in [-0.4, -0.2) is 43.6 Å². The molecule has 0 radical (unpaired) electrons. The maximum Gasteiger partial charge on any atom is 0.259 e. The van der Waals surface area contributed by atoms with E-state index in [0.29, 0.717) is 16.7 Å². The topological polar surface area (TPSA) is 92.3 Å². The van der Waals surface area contributed by atoms with Crippen LogP contribution in [0.4, 0.5) is 10.8 Å². The van der Waals surface area contributed by atoms with Crippen molar-refractivity contribution in [3.63, 3.8) is 0 Å². The first-order chi connectivity index (χ1) is 12.1. The zero-order chi connectivity index (χ0) is 19.5. The SMILES string of the molecule is CC(C)CSc1nnc(NC(=O)c2ccc(N(C)S(C)(=O)=O)cc2Cl)s1. The molecule has 0 unspecified atom stereocenters. The van der Waals surface area contributed by atoms with E-state index in [9.17, 15) is 13.2 Å². The molecule has 142 valence electrons. The van der Waals surface area contributed by atoms with E-state index in [0.717, 1.165) is 20.7 Å². The van der Waals surface area contributed by atoms with Crippen molar-refractivity contribution in [3.8, 4) is 0 Å². The minimum absolute atomic E-state index is 0.148. The van der Waals surface area contributed by atoms with E-state index >= 15 is 0 Å². The van der Waals surface area contributed by atoms with Gasteiger partial charge in [-0.2, -0.15) is 0 Å². The highest BCUT2D eigenvalue weighted by molar-refractivity contribution is 8.01. The van der Waals surface area contributed by atoms with Gasteiger partial charge in [0.05, 0.1) is 22.5 Å². The molecule has 0 aliphatic heterocycles. The van der Waals surface area contributed by atoms with Gasteiger partial charge in [-0.1, -0.05) is 48.5 Å². The van der Waals surface area contributed by atoms with E-state index in [-0.39, 0.29) is 10.6 Å². The molecule has 0 spiro atoms. The number of aromatic nitrogens is 2. The summed E-state index contributed by atoms with van der Waals surface area (Å²) in [6.45, 7) is 4.23. The van der Waals surface area contributed by atoms with Gasteiger partial charge >= 0.3 is 0 Å². The van der Waals surface area contributed by atoms with E-state index in [1.165, 1.54) is 36.6 Å². The Labute approximate surface area is 166 Å². The first-order valence-corrected chi connectivity index (χ1v) is 11.6. The number of sulfonamides is 1. The van der Waals surface area contributed by atoms with Gasteiger partial charge in [-0.25, -0.2) is 8.42 Å². The summed E-state index contributed by atoms with van der Waals surface area (Å²) < 4.78 is 25.0. The fourth-order valence-corrected chi connectivity index (χ4v) is 4.28. The molecule has 0 fully saturated rings. The summed E-state index contributed by atoms with van der Waals surface area (Å²) in [6, 6.07) is 4.43. The average molecular weight is 435 g/mol. The van der Waals surface area contributed by atoms with Gasteiger partial charge in [-0.15, -0.1) is 10.2 Å². The predicted molar refractivity (Wildman–Crippen MR) is 108 cm³/mol. The third-order valence-electron chi connectivity index (χ3n) is 3.23. The van der Waals surface area contributed by atoms with Crippen LogP contribution in [-0.2, 0) is 10.0 Å². The molecule has 1 heterocycles. The number of nitrogens with zero attached hydrogens (tertiary/aromatic N) is 3. The molecule has 1 aromatic heterocycles. The molecular weight excluding hydrogens is 416 g/mol. The van der Waals surface area contributed by atoms with Crippen LogP contribution in [0, 0.1) is 5.92 Å². The molecular formula is C15H19ClN4O3S3. The van der Waals surface area contributed by atoms with Crippen LogP contribution in [0.3, 0.4) is 0 Å². The number of hydrogen-bond donors (Lipinski definition) is 1. The molecule has 26 heavy (non-hydrogen) atoms. The summed E-state index contributed by atoms with van der Waals surface area (Å²) in [4.78, 5) is 12.4. The number of hydrogen-bond acceptors (Lipinski definition) is 7. The Morgan fingerprint density at radius 2 is 2.08 bits per heavy atom. The summed E-state index contributed by atoms with van der Waals surface area (Å²) in [6.07, 6.45) is 1.09. The monoisotopic (exact) mass is 434 g/mol. The standard InChI is InChI=1S/C15H19ClN4O3S3/c1-9(2)8-24-15-19-18-14(25-15)17-13(21)11-6-5-10(7-12(11)16)20(3)26(4,22)23/h5-7,9H,8H2,1-4H3,(H,17,18,21). The highest BCUT2D eigenvalue weighted by atomic mass is 35.5. The van der Waals surface area contributed by atoms with Crippen LogP contribution in [0.15, 0.2) is 22.5 Å². The number of nitrogens with one attached hydrogen (secondary N) is 1. The second kappa shape index (κ2) is 8.55. The van der Waals surface area contributed by atoms with Crippen LogP contribution >= 0.6 is 34.7 Å². The van der Waals surface area contributed by atoms with Gasteiger partial charge in [0, 0.05) is 12.8 Å². The minimum atomic E-state index is -3.41. The maximum atomic E-state index is 12.4. The van der Waals surface area contributed by atoms with Crippen LogP contribution in [0.1, 0.15) is 24.2 Å². The van der Waals surface area contributed by atoms with Crippen molar-refractivity contribution in [2.45, 2.75) is 18.2 Å². The van der Waals surface area contributed by atoms with Crippen molar-refractivity contribution in [2.24, 2.45) is 5.92 Å². The molecule has 1 aromatic carbocycles. The smallest absolute Gasteiger partial charge is 0.259 e. The maximum absolute atomic E-state index is 12.4. The molecule has 7 nitrogen and oxygen atoms in total. The molecule has 0 atom stereocenters. The van der Waals surface area contributed by atoms with E-state index in [4.69, 9.17) is 11.6 Å². The summed E-state index contributed by atoms with van der Waals surface area (Å²) in [5.41, 5.74) is 0.598. The number of benzene rings is 1. The number of amides is 1. The lowest BCUT2D eigenvalue weighted by molar-refractivity contribution is 0.102. The molecule has 0 aliphatic rings. The number of anilines is 2. The third kappa shape index (κ3) is 5.57. The van der Waals surface area contributed by atoms with Crippen LogP contribution in [0.2, 0.25) is 5.02 Å². The third-order valence-corrected chi connectivity index (χ3v) is 7.14. The van der Waals surface area contributed by atoms with Crippen molar-refractivity contribution < 1.29 is 13.2 Å². The van der Waals surface area contributed by atoms with E-state index in [1.54, 1.807) is 11.8 Å². The Balaban J connectivity index is 2.10. The molecule has 0 saturated carbocycles. The van der Waals surface area contributed by atoms with Crippen molar-refractivity contribution in [1.29, 1.82) is 0 Å². The van der Waals surface area contributed by atoms with Gasteiger partial charge in [0.15, 0.2) is 4.34 Å². The minimum Gasteiger partial charge on any atom is -0.296 e. The fraction of sp³-hybridized carbons (Fsp3) is 0.400. The lowest BCUT2D eigenvalue weighted by Gasteiger charge is -2.17.